The van der Waals surface area contributed by atoms with Crippen molar-refractivity contribution in [2.45, 2.75) is 0 Å². The van der Waals surface area contributed by atoms with E-state index in [-0.39, 0.29) is 5.82 Å². The molecule has 1 aliphatic heterocycles. The first-order valence-electron chi connectivity index (χ1n) is 8.15. The van der Waals surface area contributed by atoms with Crippen LogP contribution in [0.3, 0.4) is 0 Å². The largest absolute Gasteiger partial charge is 0.372 e. The highest BCUT2D eigenvalue weighted by Gasteiger charge is 2.29. The van der Waals surface area contributed by atoms with E-state index in [9.17, 15) is 15.4 Å². The highest BCUT2D eigenvalue weighted by atomic mass is 16.6. The van der Waals surface area contributed by atoms with E-state index in [1.54, 1.807) is 42.7 Å². The lowest BCUT2D eigenvalue weighted by atomic mass is 10.2. The molecule has 26 heavy (non-hydrogen) atoms. The van der Waals surface area contributed by atoms with Crippen LogP contribution in [0.25, 0.3) is 5.65 Å². The maximum absolute atomic E-state index is 11.6. The molecule has 9 heteroatoms. The maximum atomic E-state index is 11.6. The van der Waals surface area contributed by atoms with Gasteiger partial charge >= 0.3 is 5.82 Å². The van der Waals surface area contributed by atoms with Gasteiger partial charge in [0.05, 0.1) is 11.8 Å². The van der Waals surface area contributed by atoms with Crippen LogP contribution < -0.4 is 9.80 Å². The predicted octanol–water partition coefficient (Wildman–Crippen LogP) is 1.84. The molecule has 1 aliphatic rings. The smallest absolute Gasteiger partial charge is 0.358 e. The molecule has 4 heterocycles. The highest BCUT2D eigenvalue weighted by molar-refractivity contribution is 5.64. The molecule has 0 atom stereocenters. The number of hydrogen-bond donors (Lipinski definition) is 0. The Kier molecular flexibility index (Phi) is 3.85. The topological polar surface area (TPSA) is 104 Å². The van der Waals surface area contributed by atoms with E-state index in [1.807, 2.05) is 9.80 Å². The summed E-state index contributed by atoms with van der Waals surface area (Å²) in [5, 5.41) is 20.8. The van der Waals surface area contributed by atoms with Gasteiger partial charge in [-0.25, -0.2) is 4.98 Å². The first kappa shape index (κ1) is 15.8. The molecule has 0 spiro atoms. The van der Waals surface area contributed by atoms with Crippen LogP contribution in [0, 0.1) is 21.4 Å². The van der Waals surface area contributed by atoms with Gasteiger partial charge in [-0.1, -0.05) is 6.07 Å². The van der Waals surface area contributed by atoms with Gasteiger partial charge < -0.3 is 19.9 Å². The fourth-order valence-corrected chi connectivity index (χ4v) is 3.22. The fraction of sp³-hybridized carbons (Fsp3) is 0.235. The molecule has 1 fully saturated rings. The number of anilines is 2. The number of piperazine rings is 1. The van der Waals surface area contributed by atoms with Crippen molar-refractivity contribution >= 4 is 23.1 Å². The van der Waals surface area contributed by atoms with Crippen molar-refractivity contribution in [2.24, 2.45) is 0 Å². The number of fused-ring (bicyclic) bond motifs is 1. The standard InChI is InChI=1S/C17H15N7O2/c18-12-13-4-3-6-19-15(13)21-8-10-22(11-9-21)16-17(24(25)26)23-7-2-1-5-14(23)20-16/h1-7H,8-11H2. The molecule has 130 valence electrons. The second-order valence-corrected chi connectivity index (χ2v) is 5.91. The van der Waals surface area contributed by atoms with E-state index in [0.29, 0.717) is 49.0 Å². The second kappa shape index (κ2) is 6.33. The van der Waals surface area contributed by atoms with Crippen molar-refractivity contribution < 1.29 is 4.92 Å². The van der Waals surface area contributed by atoms with Crippen LogP contribution in [0.15, 0.2) is 42.7 Å². The number of nitriles is 1. The molecule has 3 aromatic rings. The van der Waals surface area contributed by atoms with Crippen LogP contribution in [-0.2, 0) is 0 Å². The summed E-state index contributed by atoms with van der Waals surface area (Å²) in [5.41, 5.74) is 1.08. The zero-order valence-electron chi connectivity index (χ0n) is 13.8. The molecule has 0 unspecified atom stereocenters. The van der Waals surface area contributed by atoms with E-state index in [1.165, 1.54) is 4.40 Å². The highest BCUT2D eigenvalue weighted by Crippen LogP contribution is 2.30. The number of nitro groups is 1. The molecule has 0 aliphatic carbocycles. The lowest BCUT2D eigenvalue weighted by Gasteiger charge is -2.35. The third kappa shape index (κ3) is 2.57. The van der Waals surface area contributed by atoms with Crippen molar-refractivity contribution in [3.63, 3.8) is 0 Å². The molecule has 0 saturated carbocycles. The van der Waals surface area contributed by atoms with E-state index >= 15 is 0 Å². The Morgan fingerprint density at radius 3 is 2.50 bits per heavy atom. The lowest BCUT2D eigenvalue weighted by molar-refractivity contribution is -0.389. The van der Waals surface area contributed by atoms with Gasteiger partial charge in [0.2, 0.25) is 11.5 Å². The summed E-state index contributed by atoms with van der Waals surface area (Å²) in [5.74, 6) is 1.01. The van der Waals surface area contributed by atoms with Crippen LogP contribution >= 0.6 is 0 Å². The molecule has 0 aromatic carbocycles. The zero-order chi connectivity index (χ0) is 18.1. The van der Waals surface area contributed by atoms with Gasteiger partial charge in [-0.2, -0.15) is 14.6 Å². The molecule has 1 saturated heterocycles. The zero-order valence-corrected chi connectivity index (χ0v) is 13.8. The minimum atomic E-state index is -0.395. The minimum Gasteiger partial charge on any atom is -0.358 e. The van der Waals surface area contributed by atoms with E-state index in [0.717, 1.165) is 0 Å². The molecular weight excluding hydrogens is 334 g/mol. The predicted molar refractivity (Wildman–Crippen MR) is 95.2 cm³/mol. The van der Waals surface area contributed by atoms with Crippen molar-refractivity contribution in [3.8, 4) is 6.07 Å². The summed E-state index contributed by atoms with van der Waals surface area (Å²) in [4.78, 5) is 23.9. The first-order chi connectivity index (χ1) is 12.7. The van der Waals surface area contributed by atoms with Gasteiger partial charge in [0.25, 0.3) is 0 Å². The van der Waals surface area contributed by atoms with E-state index in [4.69, 9.17) is 0 Å². The SMILES string of the molecule is N#Cc1cccnc1N1CCN(c2nc3ccccn3c2[N+](=O)[O-])CC1. The number of hydrogen-bond acceptors (Lipinski definition) is 7. The first-order valence-corrected chi connectivity index (χ1v) is 8.15. The van der Waals surface area contributed by atoms with Crippen LogP contribution in [-0.4, -0.2) is 45.5 Å². The number of imidazole rings is 1. The monoisotopic (exact) mass is 349 g/mol. The molecular formula is C17H15N7O2. The van der Waals surface area contributed by atoms with Crippen molar-refractivity contribution in [3.05, 3.63) is 58.4 Å². The van der Waals surface area contributed by atoms with E-state index in [2.05, 4.69) is 16.0 Å². The lowest BCUT2D eigenvalue weighted by Crippen LogP contribution is -2.47. The third-order valence-electron chi connectivity index (χ3n) is 4.45. The Labute approximate surface area is 148 Å². The summed E-state index contributed by atoms with van der Waals surface area (Å²) >= 11 is 0. The maximum Gasteiger partial charge on any atom is 0.372 e. The quantitative estimate of drug-likeness (QED) is 0.525. The van der Waals surface area contributed by atoms with Gasteiger partial charge in [-0.3, -0.25) is 0 Å². The van der Waals surface area contributed by atoms with Gasteiger partial charge in [-0.15, -0.1) is 0 Å². The average Bonchev–Trinajstić information content (AvgIpc) is 3.08. The van der Waals surface area contributed by atoms with Crippen molar-refractivity contribution in [1.82, 2.24) is 14.4 Å². The van der Waals surface area contributed by atoms with Crippen molar-refractivity contribution in [1.29, 1.82) is 5.26 Å². The van der Waals surface area contributed by atoms with Crippen LogP contribution in [0.4, 0.5) is 17.5 Å². The molecule has 9 nitrogen and oxygen atoms in total. The normalized spacial score (nSPS) is 14.4. The molecule has 0 amide bonds. The Balaban J connectivity index is 1.61. The van der Waals surface area contributed by atoms with Crippen LogP contribution in [0.2, 0.25) is 0 Å². The minimum absolute atomic E-state index is 0.0235. The molecule has 4 rings (SSSR count). The summed E-state index contributed by atoms with van der Waals surface area (Å²) in [7, 11) is 0. The summed E-state index contributed by atoms with van der Waals surface area (Å²) in [6.45, 7) is 2.34. The second-order valence-electron chi connectivity index (χ2n) is 5.91. The molecule has 0 radical (unpaired) electrons. The average molecular weight is 349 g/mol. The van der Waals surface area contributed by atoms with E-state index < -0.39 is 4.92 Å². The Morgan fingerprint density at radius 2 is 1.81 bits per heavy atom. The number of nitrogens with zero attached hydrogens (tertiary/aromatic N) is 7. The van der Waals surface area contributed by atoms with Crippen molar-refractivity contribution in [2.75, 3.05) is 36.0 Å². The van der Waals surface area contributed by atoms with Gasteiger partial charge in [0.1, 0.15) is 11.9 Å². The molecule has 0 N–H and O–H groups in total. The summed E-state index contributed by atoms with van der Waals surface area (Å²) in [6.07, 6.45) is 3.31. The Morgan fingerprint density at radius 1 is 1.08 bits per heavy atom. The summed E-state index contributed by atoms with van der Waals surface area (Å²) in [6, 6.07) is 10.9. The summed E-state index contributed by atoms with van der Waals surface area (Å²) < 4.78 is 1.49. The van der Waals surface area contributed by atoms with Gasteiger partial charge in [0.15, 0.2) is 0 Å². The van der Waals surface area contributed by atoms with Gasteiger partial charge in [-0.05, 0) is 23.1 Å². The fourth-order valence-electron chi connectivity index (χ4n) is 3.22. The Bertz CT molecular complexity index is 1020. The van der Waals surface area contributed by atoms with Gasteiger partial charge in [0, 0.05) is 38.4 Å². The molecule has 3 aromatic heterocycles. The van der Waals surface area contributed by atoms with Crippen LogP contribution in [0.5, 0.6) is 0 Å². The third-order valence-corrected chi connectivity index (χ3v) is 4.45. The number of aromatic nitrogens is 3. The Hall–Kier alpha value is -3.67. The number of rotatable bonds is 3. The molecule has 0 bridgehead atoms. The number of pyridine rings is 2. The van der Waals surface area contributed by atoms with Crippen LogP contribution in [0.1, 0.15) is 5.56 Å².